The fourth-order valence-electron chi connectivity index (χ4n) is 1.94. The van der Waals surface area contributed by atoms with Crippen LogP contribution in [0.15, 0.2) is 39.4 Å². The monoisotopic (exact) mass is 247 g/mol. The Morgan fingerprint density at radius 2 is 2.22 bits per heavy atom. The smallest absolute Gasteiger partial charge is 0.371 e. The molecule has 1 aliphatic carbocycles. The van der Waals surface area contributed by atoms with Gasteiger partial charge in [0.15, 0.2) is 5.88 Å². The van der Waals surface area contributed by atoms with Crippen LogP contribution in [0.5, 0.6) is 0 Å². The highest BCUT2D eigenvalue weighted by molar-refractivity contribution is 5.84. The summed E-state index contributed by atoms with van der Waals surface area (Å²) >= 11 is 0. The number of carboxylic acid groups (broad SMARTS) is 1. The summed E-state index contributed by atoms with van der Waals surface area (Å²) in [4.78, 5) is 12.9. The van der Waals surface area contributed by atoms with Crippen molar-refractivity contribution >= 4 is 11.9 Å². The molecule has 0 unspecified atom stereocenters. The highest BCUT2D eigenvalue weighted by atomic mass is 16.4. The fourth-order valence-corrected chi connectivity index (χ4v) is 1.94. The average molecular weight is 247 g/mol. The molecule has 0 atom stereocenters. The Morgan fingerprint density at radius 1 is 1.39 bits per heavy atom. The maximum absolute atomic E-state index is 10.8. The van der Waals surface area contributed by atoms with E-state index in [4.69, 9.17) is 13.9 Å². The molecule has 0 saturated heterocycles. The zero-order chi connectivity index (χ0) is 12.5. The van der Waals surface area contributed by atoms with Gasteiger partial charge in [0.05, 0.1) is 12.8 Å². The Bertz CT molecular complexity index is 539. The van der Waals surface area contributed by atoms with E-state index in [1.807, 2.05) is 17.0 Å². The van der Waals surface area contributed by atoms with Crippen LogP contribution < -0.4 is 4.90 Å². The minimum Gasteiger partial charge on any atom is -0.475 e. The van der Waals surface area contributed by atoms with Crippen molar-refractivity contribution in [1.29, 1.82) is 0 Å². The number of rotatable bonds is 5. The van der Waals surface area contributed by atoms with Crippen LogP contribution in [-0.2, 0) is 6.54 Å². The highest BCUT2D eigenvalue weighted by Crippen LogP contribution is 2.34. The van der Waals surface area contributed by atoms with Crippen LogP contribution in [0.2, 0.25) is 0 Å². The van der Waals surface area contributed by atoms with Crippen LogP contribution >= 0.6 is 0 Å². The number of carbonyl (C=O) groups is 1. The van der Waals surface area contributed by atoms with Gasteiger partial charge in [0, 0.05) is 12.1 Å². The number of carboxylic acids is 1. The van der Waals surface area contributed by atoms with Crippen molar-refractivity contribution in [3.63, 3.8) is 0 Å². The summed E-state index contributed by atoms with van der Waals surface area (Å²) in [5.74, 6) is 0.353. The first-order valence-electron chi connectivity index (χ1n) is 5.86. The van der Waals surface area contributed by atoms with Crippen molar-refractivity contribution in [2.75, 3.05) is 4.90 Å². The average Bonchev–Trinajstić information content (AvgIpc) is 2.88. The maximum atomic E-state index is 10.8. The number of aromatic carboxylic acids is 1. The third-order valence-corrected chi connectivity index (χ3v) is 2.98. The number of nitrogens with zero attached hydrogens (tertiary/aromatic N) is 1. The van der Waals surface area contributed by atoms with Gasteiger partial charge >= 0.3 is 5.97 Å². The molecule has 2 heterocycles. The van der Waals surface area contributed by atoms with Crippen molar-refractivity contribution in [1.82, 2.24) is 0 Å². The third kappa shape index (κ3) is 2.11. The van der Waals surface area contributed by atoms with Crippen LogP contribution in [0.3, 0.4) is 0 Å². The summed E-state index contributed by atoms with van der Waals surface area (Å²) in [6, 6.07) is 7.34. The first-order chi connectivity index (χ1) is 8.74. The first-order valence-corrected chi connectivity index (χ1v) is 5.86. The topological polar surface area (TPSA) is 66.8 Å². The van der Waals surface area contributed by atoms with Gasteiger partial charge in [-0.1, -0.05) is 0 Å². The minimum atomic E-state index is -1.05. The standard InChI is InChI=1S/C13H13NO4/c15-13(16)11-5-6-12(18-11)14(9-3-4-9)8-10-2-1-7-17-10/h1-2,5-7,9H,3-4,8H2,(H,15,16). The zero-order valence-electron chi connectivity index (χ0n) is 9.70. The second-order valence-corrected chi connectivity index (χ2v) is 4.38. The van der Waals surface area contributed by atoms with Crippen LogP contribution in [0.4, 0.5) is 5.88 Å². The molecule has 0 aliphatic heterocycles. The molecule has 1 N–H and O–H groups in total. The Kier molecular flexibility index (Phi) is 2.59. The van der Waals surface area contributed by atoms with Gasteiger partial charge in [-0.3, -0.25) is 0 Å². The zero-order valence-corrected chi connectivity index (χ0v) is 9.70. The fraction of sp³-hybridized carbons (Fsp3) is 0.308. The highest BCUT2D eigenvalue weighted by Gasteiger charge is 2.32. The second-order valence-electron chi connectivity index (χ2n) is 4.38. The molecule has 3 rings (SSSR count). The van der Waals surface area contributed by atoms with Gasteiger partial charge < -0.3 is 18.8 Å². The van der Waals surface area contributed by atoms with Crippen molar-refractivity contribution in [2.45, 2.75) is 25.4 Å². The molecule has 2 aromatic heterocycles. The Morgan fingerprint density at radius 3 is 2.78 bits per heavy atom. The van der Waals surface area contributed by atoms with E-state index in [0.717, 1.165) is 18.6 Å². The van der Waals surface area contributed by atoms with Gasteiger partial charge in [-0.15, -0.1) is 0 Å². The predicted molar refractivity (Wildman–Crippen MR) is 63.6 cm³/mol. The summed E-state index contributed by atoms with van der Waals surface area (Å²) in [5, 5.41) is 8.86. The summed E-state index contributed by atoms with van der Waals surface area (Å²) in [6.07, 6.45) is 3.83. The normalized spacial score (nSPS) is 14.7. The van der Waals surface area contributed by atoms with Crippen molar-refractivity contribution in [3.05, 3.63) is 42.0 Å². The van der Waals surface area contributed by atoms with Gasteiger partial charge in [0.25, 0.3) is 0 Å². The molecule has 0 spiro atoms. The molecule has 5 nitrogen and oxygen atoms in total. The van der Waals surface area contributed by atoms with Crippen LogP contribution in [-0.4, -0.2) is 17.1 Å². The third-order valence-electron chi connectivity index (χ3n) is 2.98. The van der Waals surface area contributed by atoms with Gasteiger partial charge in [-0.25, -0.2) is 4.79 Å². The molecule has 1 fully saturated rings. The minimum absolute atomic E-state index is 0.0323. The van der Waals surface area contributed by atoms with Gasteiger partial charge in [0.1, 0.15) is 5.76 Å². The molecule has 0 aromatic carbocycles. The Hall–Kier alpha value is -2.17. The molecule has 5 heteroatoms. The van der Waals surface area contributed by atoms with E-state index in [2.05, 4.69) is 0 Å². The number of anilines is 1. The molecule has 0 radical (unpaired) electrons. The van der Waals surface area contributed by atoms with E-state index in [9.17, 15) is 4.79 Å². The molecule has 94 valence electrons. The van der Waals surface area contributed by atoms with Crippen LogP contribution in [0, 0.1) is 0 Å². The van der Waals surface area contributed by atoms with Gasteiger partial charge in [-0.05, 0) is 31.0 Å². The number of furan rings is 2. The van der Waals surface area contributed by atoms with Gasteiger partial charge in [-0.2, -0.15) is 0 Å². The van der Waals surface area contributed by atoms with Crippen molar-refractivity contribution in [2.24, 2.45) is 0 Å². The van der Waals surface area contributed by atoms with Crippen molar-refractivity contribution in [3.8, 4) is 0 Å². The largest absolute Gasteiger partial charge is 0.475 e. The molecule has 18 heavy (non-hydrogen) atoms. The lowest BCUT2D eigenvalue weighted by Crippen LogP contribution is -2.24. The van der Waals surface area contributed by atoms with E-state index in [0.29, 0.717) is 18.5 Å². The van der Waals surface area contributed by atoms with Crippen LogP contribution in [0.25, 0.3) is 0 Å². The Labute approximate surface area is 104 Å². The Balaban J connectivity index is 1.82. The molecule has 0 amide bonds. The summed E-state index contributed by atoms with van der Waals surface area (Å²) in [5.41, 5.74) is 0. The van der Waals surface area contributed by atoms with Gasteiger partial charge in [0.2, 0.25) is 5.76 Å². The summed E-state index contributed by atoms with van der Waals surface area (Å²) in [6.45, 7) is 0.601. The predicted octanol–water partition coefficient (Wildman–Crippen LogP) is 2.74. The SMILES string of the molecule is O=C(O)c1ccc(N(Cc2ccco2)C2CC2)o1. The lowest BCUT2D eigenvalue weighted by Gasteiger charge is -2.20. The summed E-state index contributed by atoms with van der Waals surface area (Å²) in [7, 11) is 0. The lowest BCUT2D eigenvalue weighted by atomic mass is 10.3. The number of hydrogen-bond donors (Lipinski definition) is 1. The molecule has 2 aromatic rings. The van der Waals surface area contributed by atoms with Crippen LogP contribution in [0.1, 0.15) is 29.2 Å². The molecule has 0 bridgehead atoms. The van der Waals surface area contributed by atoms with E-state index in [1.165, 1.54) is 6.07 Å². The van der Waals surface area contributed by atoms with Crippen molar-refractivity contribution < 1.29 is 18.7 Å². The lowest BCUT2D eigenvalue weighted by molar-refractivity contribution is 0.0663. The maximum Gasteiger partial charge on any atom is 0.371 e. The summed E-state index contributed by atoms with van der Waals surface area (Å²) < 4.78 is 10.7. The molecule has 1 aliphatic rings. The molecular weight excluding hydrogens is 234 g/mol. The first kappa shape index (κ1) is 11.0. The second kappa shape index (κ2) is 4.25. The molecular formula is C13H13NO4. The van der Waals surface area contributed by atoms with E-state index in [-0.39, 0.29) is 5.76 Å². The van der Waals surface area contributed by atoms with E-state index < -0.39 is 5.97 Å². The number of hydrogen-bond acceptors (Lipinski definition) is 4. The quantitative estimate of drug-likeness (QED) is 0.879. The van der Waals surface area contributed by atoms with E-state index in [1.54, 1.807) is 12.3 Å². The molecule has 1 saturated carbocycles. The van der Waals surface area contributed by atoms with E-state index >= 15 is 0 Å².